The number of aryl methyl sites for hydroxylation is 2. The molecule has 4 heterocycles. The van der Waals surface area contributed by atoms with E-state index in [1.807, 2.05) is 51.7 Å². The smallest absolute Gasteiger partial charge is 0.410 e. The largest absolute Gasteiger partial charge is 0.444 e. The zero-order chi connectivity index (χ0) is 24.9. The molecule has 9 heteroatoms. The molecule has 1 aliphatic heterocycles. The average Bonchev–Trinajstić information content (AvgIpc) is 3.19. The topological polar surface area (TPSA) is 95.1 Å². The highest BCUT2D eigenvalue weighted by Gasteiger charge is 2.28. The molecule has 0 N–H and O–H groups in total. The van der Waals surface area contributed by atoms with E-state index >= 15 is 0 Å². The highest BCUT2D eigenvalue weighted by Crippen LogP contribution is 2.28. The van der Waals surface area contributed by atoms with Crippen molar-refractivity contribution in [3.63, 3.8) is 0 Å². The van der Waals surface area contributed by atoms with Gasteiger partial charge in [-0.15, -0.1) is 0 Å². The lowest BCUT2D eigenvalue weighted by atomic mass is 10.0. The highest BCUT2D eigenvalue weighted by atomic mass is 16.6. The van der Waals surface area contributed by atoms with Crippen molar-refractivity contribution in [3.8, 4) is 11.1 Å². The van der Waals surface area contributed by atoms with Crippen LogP contribution in [-0.4, -0.2) is 54.0 Å². The molecule has 1 aliphatic rings. The number of benzene rings is 1. The van der Waals surface area contributed by atoms with Crippen molar-refractivity contribution in [1.82, 2.24) is 29.2 Å². The minimum absolute atomic E-state index is 0.0322. The maximum absolute atomic E-state index is 13.3. The first-order valence-corrected chi connectivity index (χ1v) is 11.9. The van der Waals surface area contributed by atoms with Crippen molar-refractivity contribution < 1.29 is 9.53 Å². The van der Waals surface area contributed by atoms with Gasteiger partial charge < -0.3 is 9.64 Å². The van der Waals surface area contributed by atoms with Crippen LogP contribution in [0.4, 0.5) is 4.79 Å². The zero-order valence-corrected chi connectivity index (χ0v) is 20.8. The summed E-state index contributed by atoms with van der Waals surface area (Å²) in [6.45, 7) is 8.68. The summed E-state index contributed by atoms with van der Waals surface area (Å²) >= 11 is 0. The first-order chi connectivity index (χ1) is 16.6. The molecule has 0 bridgehead atoms. The number of aromatic nitrogens is 5. The van der Waals surface area contributed by atoms with Crippen LogP contribution in [0.15, 0.2) is 41.7 Å². The molecule has 0 unspecified atom stereocenters. The number of carbonyl (C=O) groups is 1. The van der Waals surface area contributed by atoms with E-state index in [0.29, 0.717) is 37.0 Å². The molecule has 0 spiro atoms. The van der Waals surface area contributed by atoms with Crippen molar-refractivity contribution >= 4 is 28.0 Å². The van der Waals surface area contributed by atoms with Gasteiger partial charge in [0.2, 0.25) is 0 Å². The standard InChI is InChI=1S/C26H30N6O3/c1-16-10-17(11-19-14-30(5)29-22(16)19)18-12-21-23(27-13-18)24(33)32(15-28-21)20-6-8-31(9-7-20)25(34)35-26(2,3)4/h10-15,20H,6-9H2,1-5H3. The maximum Gasteiger partial charge on any atom is 0.410 e. The van der Waals surface area contributed by atoms with Crippen LogP contribution in [0.25, 0.3) is 33.1 Å². The average molecular weight is 475 g/mol. The monoisotopic (exact) mass is 474 g/mol. The van der Waals surface area contributed by atoms with Gasteiger partial charge in [-0.05, 0) is 69.9 Å². The van der Waals surface area contributed by atoms with Crippen LogP contribution in [0, 0.1) is 6.92 Å². The molecule has 1 aromatic carbocycles. The lowest BCUT2D eigenvalue weighted by molar-refractivity contribution is 0.0187. The molecule has 1 saturated heterocycles. The van der Waals surface area contributed by atoms with Crippen molar-refractivity contribution in [3.05, 3.63) is 52.8 Å². The summed E-state index contributed by atoms with van der Waals surface area (Å²) in [6, 6.07) is 6.04. The van der Waals surface area contributed by atoms with Crippen LogP contribution < -0.4 is 5.56 Å². The molecule has 1 fully saturated rings. The Morgan fingerprint density at radius 3 is 2.51 bits per heavy atom. The molecule has 0 radical (unpaired) electrons. The van der Waals surface area contributed by atoms with E-state index in [2.05, 4.69) is 27.2 Å². The Hall–Kier alpha value is -3.75. The number of carbonyl (C=O) groups excluding carboxylic acids is 1. The summed E-state index contributed by atoms with van der Waals surface area (Å²) in [5.74, 6) is 0. The Labute approximate surface area is 203 Å². The fourth-order valence-corrected chi connectivity index (χ4v) is 4.68. The summed E-state index contributed by atoms with van der Waals surface area (Å²) < 4.78 is 8.94. The Morgan fingerprint density at radius 1 is 1.06 bits per heavy atom. The van der Waals surface area contributed by atoms with E-state index in [0.717, 1.165) is 27.6 Å². The molecule has 0 aliphatic carbocycles. The van der Waals surface area contributed by atoms with Gasteiger partial charge in [0.25, 0.3) is 5.56 Å². The van der Waals surface area contributed by atoms with E-state index in [4.69, 9.17) is 4.74 Å². The Kier molecular flexibility index (Phi) is 5.57. The van der Waals surface area contributed by atoms with Gasteiger partial charge in [-0.25, -0.2) is 14.8 Å². The first kappa shape index (κ1) is 23.0. The van der Waals surface area contributed by atoms with E-state index in [9.17, 15) is 9.59 Å². The fraction of sp³-hybridized carbons (Fsp3) is 0.423. The van der Waals surface area contributed by atoms with Crippen molar-refractivity contribution in [2.24, 2.45) is 7.05 Å². The van der Waals surface area contributed by atoms with Crippen LogP contribution in [-0.2, 0) is 11.8 Å². The van der Waals surface area contributed by atoms with Gasteiger partial charge in [0, 0.05) is 49.5 Å². The molecule has 1 amide bonds. The predicted octanol–water partition coefficient (Wildman–Crippen LogP) is 4.23. The second-order valence-electron chi connectivity index (χ2n) is 10.3. The summed E-state index contributed by atoms with van der Waals surface area (Å²) in [7, 11) is 1.91. The van der Waals surface area contributed by atoms with E-state index in [1.54, 1.807) is 22.0 Å². The van der Waals surface area contributed by atoms with Crippen LogP contribution >= 0.6 is 0 Å². The number of pyridine rings is 1. The number of rotatable bonds is 2. The molecular formula is C26H30N6O3. The zero-order valence-electron chi connectivity index (χ0n) is 20.8. The lowest BCUT2D eigenvalue weighted by Crippen LogP contribution is -2.43. The Morgan fingerprint density at radius 2 is 1.80 bits per heavy atom. The number of hydrogen-bond donors (Lipinski definition) is 0. The summed E-state index contributed by atoms with van der Waals surface area (Å²) in [6.07, 6.45) is 6.35. The number of hydrogen-bond acceptors (Lipinski definition) is 6. The van der Waals surface area contributed by atoms with Crippen LogP contribution in [0.1, 0.15) is 45.2 Å². The van der Waals surface area contributed by atoms with Crippen molar-refractivity contribution in [1.29, 1.82) is 0 Å². The third kappa shape index (κ3) is 4.50. The van der Waals surface area contributed by atoms with Crippen LogP contribution in [0.3, 0.4) is 0 Å². The van der Waals surface area contributed by atoms with E-state index in [1.165, 1.54) is 0 Å². The predicted molar refractivity (Wildman–Crippen MR) is 134 cm³/mol. The van der Waals surface area contributed by atoms with Gasteiger partial charge in [-0.2, -0.15) is 5.10 Å². The number of ether oxygens (including phenoxy) is 1. The molecule has 9 nitrogen and oxygen atoms in total. The molecule has 4 aromatic rings. The quantitative estimate of drug-likeness (QED) is 0.432. The van der Waals surface area contributed by atoms with Gasteiger partial charge in [0.1, 0.15) is 5.60 Å². The number of fused-ring (bicyclic) bond motifs is 2. The van der Waals surface area contributed by atoms with Gasteiger partial charge in [0.05, 0.1) is 17.4 Å². The minimum Gasteiger partial charge on any atom is -0.444 e. The third-order valence-electron chi connectivity index (χ3n) is 6.38. The molecule has 0 saturated carbocycles. The fourth-order valence-electron chi connectivity index (χ4n) is 4.68. The SMILES string of the molecule is Cc1cc(-c2cnc3c(=O)n(C4CCN(C(=O)OC(C)(C)C)CC4)cnc3c2)cc2cn(C)nc12. The molecular weight excluding hydrogens is 444 g/mol. The van der Waals surface area contributed by atoms with Gasteiger partial charge in [0.15, 0.2) is 5.52 Å². The number of amides is 1. The van der Waals surface area contributed by atoms with Gasteiger partial charge in [-0.3, -0.25) is 14.0 Å². The minimum atomic E-state index is -0.528. The second kappa shape index (κ2) is 8.48. The highest BCUT2D eigenvalue weighted by molar-refractivity contribution is 5.88. The first-order valence-electron chi connectivity index (χ1n) is 11.9. The molecule has 3 aromatic heterocycles. The van der Waals surface area contributed by atoms with Crippen LogP contribution in [0.2, 0.25) is 0 Å². The molecule has 182 valence electrons. The second-order valence-corrected chi connectivity index (χ2v) is 10.3. The lowest BCUT2D eigenvalue weighted by Gasteiger charge is -2.34. The number of nitrogens with zero attached hydrogens (tertiary/aromatic N) is 6. The normalized spacial score (nSPS) is 15.2. The molecule has 0 atom stereocenters. The number of piperidine rings is 1. The van der Waals surface area contributed by atoms with Crippen LogP contribution in [0.5, 0.6) is 0 Å². The summed E-state index contributed by atoms with van der Waals surface area (Å²) in [4.78, 5) is 36.4. The third-order valence-corrected chi connectivity index (χ3v) is 6.38. The van der Waals surface area contributed by atoms with E-state index in [-0.39, 0.29) is 17.7 Å². The Bertz CT molecular complexity index is 1490. The van der Waals surface area contributed by atoms with Gasteiger partial charge in [-0.1, -0.05) is 0 Å². The summed E-state index contributed by atoms with van der Waals surface area (Å²) in [5, 5.41) is 5.57. The molecule has 5 rings (SSSR count). The molecule has 35 heavy (non-hydrogen) atoms. The Balaban J connectivity index is 1.39. The van der Waals surface area contributed by atoms with Gasteiger partial charge >= 0.3 is 6.09 Å². The summed E-state index contributed by atoms with van der Waals surface area (Å²) in [5.41, 5.74) is 4.21. The van der Waals surface area contributed by atoms with Crippen molar-refractivity contribution in [2.45, 2.75) is 52.2 Å². The maximum atomic E-state index is 13.3. The van der Waals surface area contributed by atoms with E-state index < -0.39 is 5.60 Å². The van der Waals surface area contributed by atoms with Crippen molar-refractivity contribution in [2.75, 3.05) is 13.1 Å². The number of likely N-dealkylation sites (tertiary alicyclic amines) is 1.